The van der Waals surface area contributed by atoms with Crippen LogP contribution in [0.1, 0.15) is 46.5 Å². The number of hydrogen-bond acceptors (Lipinski definition) is 4. The van der Waals surface area contributed by atoms with Gasteiger partial charge in [0.25, 0.3) is 0 Å². The SMILES string of the molecule is CC(C)(C)OC(=O)N1CCC[C@]2(C[C@H](CC(=O)O)CO2)C1. The first-order chi connectivity index (χ1) is 9.69. The van der Waals surface area contributed by atoms with Crippen molar-refractivity contribution < 1.29 is 24.2 Å². The minimum atomic E-state index is -0.791. The fourth-order valence-corrected chi connectivity index (χ4v) is 3.18. The Hall–Kier alpha value is -1.30. The summed E-state index contributed by atoms with van der Waals surface area (Å²) in [7, 11) is 0. The summed E-state index contributed by atoms with van der Waals surface area (Å²) in [6.45, 7) is 7.18. The molecule has 0 saturated carbocycles. The van der Waals surface area contributed by atoms with E-state index >= 15 is 0 Å². The standard InChI is InChI=1S/C15H25NO5/c1-14(2,3)21-13(19)16-6-4-5-15(10-16)8-11(9-20-15)7-12(17)18/h11H,4-10H2,1-3H3,(H,17,18)/t11-,15-/m0/s1. The minimum Gasteiger partial charge on any atom is -0.481 e. The van der Waals surface area contributed by atoms with Gasteiger partial charge in [-0.1, -0.05) is 0 Å². The predicted octanol–water partition coefficient (Wildman–Crippen LogP) is 2.27. The maximum atomic E-state index is 12.2. The molecule has 6 heteroatoms. The van der Waals surface area contributed by atoms with Gasteiger partial charge in [-0.3, -0.25) is 4.79 Å². The predicted molar refractivity (Wildman–Crippen MR) is 76.1 cm³/mol. The minimum absolute atomic E-state index is 0.0427. The number of aliphatic carboxylic acids is 1. The van der Waals surface area contributed by atoms with Gasteiger partial charge in [-0.2, -0.15) is 0 Å². The van der Waals surface area contributed by atoms with Crippen molar-refractivity contribution in [2.24, 2.45) is 5.92 Å². The molecule has 2 rings (SSSR count). The summed E-state index contributed by atoms with van der Waals surface area (Å²) < 4.78 is 11.3. The average Bonchev–Trinajstić information content (AvgIpc) is 2.69. The zero-order valence-corrected chi connectivity index (χ0v) is 13.1. The van der Waals surface area contributed by atoms with Crippen LogP contribution in [0.25, 0.3) is 0 Å². The van der Waals surface area contributed by atoms with Crippen molar-refractivity contribution in [2.75, 3.05) is 19.7 Å². The first-order valence-electron chi connectivity index (χ1n) is 7.53. The van der Waals surface area contributed by atoms with Crippen LogP contribution < -0.4 is 0 Å². The van der Waals surface area contributed by atoms with E-state index in [0.29, 0.717) is 26.1 Å². The third kappa shape index (κ3) is 4.33. The molecule has 2 fully saturated rings. The van der Waals surface area contributed by atoms with Crippen molar-refractivity contribution >= 4 is 12.1 Å². The molecular weight excluding hydrogens is 274 g/mol. The zero-order chi connectivity index (χ0) is 15.7. The molecule has 0 bridgehead atoms. The summed E-state index contributed by atoms with van der Waals surface area (Å²) >= 11 is 0. The molecule has 0 aromatic carbocycles. The molecule has 1 N–H and O–H groups in total. The molecular formula is C15H25NO5. The molecule has 0 aromatic heterocycles. The molecule has 0 radical (unpaired) electrons. The van der Waals surface area contributed by atoms with Crippen LogP contribution in [0.3, 0.4) is 0 Å². The van der Waals surface area contributed by atoms with Gasteiger partial charge < -0.3 is 19.5 Å². The number of hydrogen-bond donors (Lipinski definition) is 1. The molecule has 1 amide bonds. The number of carboxylic acids is 1. The lowest BCUT2D eigenvalue weighted by Gasteiger charge is -2.40. The van der Waals surface area contributed by atoms with Crippen LogP contribution in [-0.2, 0) is 14.3 Å². The fraction of sp³-hybridized carbons (Fsp3) is 0.867. The van der Waals surface area contributed by atoms with E-state index in [-0.39, 0.29) is 24.0 Å². The Morgan fingerprint density at radius 1 is 1.43 bits per heavy atom. The van der Waals surface area contributed by atoms with Crippen LogP contribution in [0.5, 0.6) is 0 Å². The normalized spacial score (nSPS) is 29.7. The van der Waals surface area contributed by atoms with Crippen LogP contribution in [0.2, 0.25) is 0 Å². The molecule has 2 saturated heterocycles. The Bertz CT molecular complexity index is 417. The summed E-state index contributed by atoms with van der Waals surface area (Å²) in [6, 6.07) is 0. The number of carbonyl (C=O) groups excluding carboxylic acids is 1. The Labute approximate surface area is 125 Å². The number of nitrogens with zero attached hydrogens (tertiary/aromatic N) is 1. The molecule has 0 aliphatic carbocycles. The van der Waals surface area contributed by atoms with Crippen molar-refractivity contribution in [3.8, 4) is 0 Å². The second kappa shape index (κ2) is 5.83. The van der Waals surface area contributed by atoms with Gasteiger partial charge in [-0.25, -0.2) is 4.79 Å². The third-order valence-electron chi connectivity index (χ3n) is 3.94. The van der Waals surface area contributed by atoms with Gasteiger partial charge in [-0.15, -0.1) is 0 Å². The highest BCUT2D eigenvalue weighted by Crippen LogP contribution is 2.38. The number of amides is 1. The Kier molecular flexibility index (Phi) is 4.46. The van der Waals surface area contributed by atoms with Gasteiger partial charge in [0.2, 0.25) is 0 Å². The first kappa shape index (κ1) is 16.1. The first-order valence-corrected chi connectivity index (χ1v) is 7.53. The van der Waals surface area contributed by atoms with Crippen LogP contribution in [0.15, 0.2) is 0 Å². The van der Waals surface area contributed by atoms with Crippen LogP contribution in [0.4, 0.5) is 4.79 Å². The maximum Gasteiger partial charge on any atom is 0.410 e. The molecule has 0 unspecified atom stereocenters. The van der Waals surface area contributed by atoms with Gasteiger partial charge in [-0.05, 0) is 46.0 Å². The molecule has 120 valence electrons. The van der Waals surface area contributed by atoms with E-state index in [1.165, 1.54) is 0 Å². The van der Waals surface area contributed by atoms with E-state index in [0.717, 1.165) is 12.8 Å². The molecule has 2 aliphatic rings. The zero-order valence-electron chi connectivity index (χ0n) is 13.1. The lowest BCUT2D eigenvalue weighted by atomic mass is 9.86. The number of carbonyl (C=O) groups is 2. The van der Waals surface area contributed by atoms with Gasteiger partial charge >= 0.3 is 12.1 Å². The second-order valence-corrected chi connectivity index (χ2v) is 7.17. The van der Waals surface area contributed by atoms with Gasteiger partial charge in [0, 0.05) is 6.54 Å². The van der Waals surface area contributed by atoms with E-state index in [1.54, 1.807) is 4.90 Å². The number of carboxylic acid groups (broad SMARTS) is 1. The van der Waals surface area contributed by atoms with E-state index in [1.807, 2.05) is 20.8 Å². The van der Waals surface area contributed by atoms with Gasteiger partial charge in [0.1, 0.15) is 5.60 Å². The summed E-state index contributed by atoms with van der Waals surface area (Å²) in [5.74, 6) is -0.749. The highest BCUT2D eigenvalue weighted by molar-refractivity contribution is 5.68. The number of piperidine rings is 1. The van der Waals surface area contributed by atoms with E-state index < -0.39 is 11.6 Å². The molecule has 2 aliphatic heterocycles. The smallest absolute Gasteiger partial charge is 0.410 e. The quantitative estimate of drug-likeness (QED) is 0.846. The van der Waals surface area contributed by atoms with Crippen LogP contribution in [0, 0.1) is 5.92 Å². The van der Waals surface area contributed by atoms with E-state index in [4.69, 9.17) is 14.6 Å². The summed E-state index contributed by atoms with van der Waals surface area (Å²) in [5.41, 5.74) is -0.890. The largest absolute Gasteiger partial charge is 0.481 e. The molecule has 1 spiro atoms. The molecule has 6 nitrogen and oxygen atoms in total. The van der Waals surface area contributed by atoms with Crippen molar-refractivity contribution in [1.82, 2.24) is 4.90 Å². The molecule has 21 heavy (non-hydrogen) atoms. The number of ether oxygens (including phenoxy) is 2. The fourth-order valence-electron chi connectivity index (χ4n) is 3.18. The molecule has 0 aromatic rings. The van der Waals surface area contributed by atoms with Crippen LogP contribution >= 0.6 is 0 Å². The van der Waals surface area contributed by atoms with Crippen molar-refractivity contribution in [2.45, 2.75) is 57.7 Å². The summed E-state index contributed by atoms with van der Waals surface area (Å²) in [5, 5.41) is 8.89. The number of rotatable bonds is 2. The molecule has 2 heterocycles. The van der Waals surface area contributed by atoms with Crippen molar-refractivity contribution in [3.05, 3.63) is 0 Å². The van der Waals surface area contributed by atoms with E-state index in [9.17, 15) is 9.59 Å². The van der Waals surface area contributed by atoms with Gasteiger partial charge in [0.15, 0.2) is 0 Å². The lowest BCUT2D eigenvalue weighted by molar-refractivity contribution is -0.138. The topological polar surface area (TPSA) is 76.1 Å². The highest BCUT2D eigenvalue weighted by atomic mass is 16.6. The Morgan fingerprint density at radius 3 is 2.76 bits per heavy atom. The van der Waals surface area contributed by atoms with Gasteiger partial charge in [0.05, 0.1) is 25.2 Å². The molecule has 2 atom stereocenters. The summed E-state index contributed by atoms with van der Waals surface area (Å²) in [4.78, 5) is 24.7. The summed E-state index contributed by atoms with van der Waals surface area (Å²) in [6.07, 6.45) is 2.26. The van der Waals surface area contributed by atoms with Crippen molar-refractivity contribution in [1.29, 1.82) is 0 Å². The van der Waals surface area contributed by atoms with Crippen LogP contribution in [-0.4, -0.2) is 53.0 Å². The third-order valence-corrected chi connectivity index (χ3v) is 3.94. The average molecular weight is 299 g/mol. The Balaban J connectivity index is 1.95. The van der Waals surface area contributed by atoms with Crippen molar-refractivity contribution in [3.63, 3.8) is 0 Å². The monoisotopic (exact) mass is 299 g/mol. The van der Waals surface area contributed by atoms with E-state index in [2.05, 4.69) is 0 Å². The lowest BCUT2D eigenvalue weighted by Crippen LogP contribution is -2.51. The Morgan fingerprint density at radius 2 is 2.14 bits per heavy atom. The second-order valence-electron chi connectivity index (χ2n) is 7.17. The number of likely N-dealkylation sites (tertiary alicyclic amines) is 1. The highest BCUT2D eigenvalue weighted by Gasteiger charge is 2.45. The maximum absolute atomic E-state index is 12.2.